The summed E-state index contributed by atoms with van der Waals surface area (Å²) in [6, 6.07) is 27.5. The van der Waals surface area contributed by atoms with Gasteiger partial charge in [0.1, 0.15) is 0 Å². The molecule has 1 heterocycles. The van der Waals surface area contributed by atoms with Crippen molar-refractivity contribution in [1.29, 1.82) is 0 Å². The van der Waals surface area contributed by atoms with Crippen LogP contribution < -0.4 is 22.5 Å². The first-order valence-corrected chi connectivity index (χ1v) is 12.7. The predicted octanol–water partition coefficient (Wildman–Crippen LogP) is 2.01. The fraction of sp³-hybridized carbons (Fsp3) is 0.250. The van der Waals surface area contributed by atoms with E-state index in [1.165, 1.54) is 13.1 Å². The third-order valence-corrected chi connectivity index (χ3v) is 9.85. The van der Waals surface area contributed by atoms with Gasteiger partial charge in [-0.3, -0.25) is 0 Å². The summed E-state index contributed by atoms with van der Waals surface area (Å²) in [4.78, 5) is 0. The second kappa shape index (κ2) is 10.5. The van der Waals surface area contributed by atoms with Crippen molar-refractivity contribution < 1.29 is 18.9 Å². The molecule has 1 aliphatic rings. The Labute approximate surface area is 176 Å². The minimum atomic E-state index is -1.90. The molecule has 3 aromatic carbocycles. The number of hydrogen-bond donors (Lipinski definition) is 0. The van der Waals surface area contributed by atoms with E-state index in [-0.39, 0.29) is 0 Å². The van der Waals surface area contributed by atoms with Gasteiger partial charge in [0.2, 0.25) is 0 Å². The van der Waals surface area contributed by atoms with Crippen molar-refractivity contribution >= 4 is 27.7 Å². The summed E-state index contributed by atoms with van der Waals surface area (Å²) in [6.45, 7) is 3.25. The molecule has 0 aliphatic carbocycles. The quantitative estimate of drug-likeness (QED) is 0.530. The Morgan fingerprint density at radius 3 is 1.48 bits per heavy atom. The third-order valence-electron chi connectivity index (χ3n) is 4.57. The summed E-state index contributed by atoms with van der Waals surface area (Å²) in [7, 11) is 0. The topological polar surface area (TPSA) is 36.9 Å². The van der Waals surface area contributed by atoms with Gasteiger partial charge in [0, 0.05) is 0 Å². The van der Waals surface area contributed by atoms with Gasteiger partial charge in [-0.2, -0.15) is 0 Å². The summed E-state index contributed by atoms with van der Waals surface area (Å²) in [5.74, 6) is 1.86. The molecule has 0 radical (unpaired) electrons. The SMILES string of the molecule is c1ccc([As]2c3ccccc3OCCOCCOCCOc3ccccc32)cc1. The number of fused-ring (bicyclic) bond motifs is 2. The van der Waals surface area contributed by atoms with Crippen LogP contribution in [0.5, 0.6) is 11.5 Å². The second-order valence-electron chi connectivity index (χ2n) is 6.53. The van der Waals surface area contributed by atoms with Crippen molar-refractivity contribution in [2.75, 3.05) is 39.6 Å². The zero-order valence-corrected chi connectivity index (χ0v) is 18.2. The molecule has 0 saturated heterocycles. The molecular formula is C24H25AsO4. The van der Waals surface area contributed by atoms with Crippen molar-refractivity contribution in [3.8, 4) is 11.5 Å². The van der Waals surface area contributed by atoms with Crippen LogP contribution in [0, 0.1) is 0 Å². The van der Waals surface area contributed by atoms with Crippen molar-refractivity contribution in [2.45, 2.75) is 0 Å². The average molecular weight is 452 g/mol. The van der Waals surface area contributed by atoms with E-state index in [9.17, 15) is 0 Å². The maximum atomic E-state index is 6.16. The zero-order valence-electron chi connectivity index (χ0n) is 16.3. The molecule has 0 amide bonds. The van der Waals surface area contributed by atoms with Gasteiger partial charge in [-0.1, -0.05) is 0 Å². The molecule has 29 heavy (non-hydrogen) atoms. The first kappa shape index (κ1) is 20.0. The first-order valence-electron chi connectivity index (χ1n) is 9.88. The van der Waals surface area contributed by atoms with Gasteiger partial charge in [0.15, 0.2) is 0 Å². The third kappa shape index (κ3) is 5.21. The van der Waals surface area contributed by atoms with Gasteiger partial charge < -0.3 is 0 Å². The van der Waals surface area contributed by atoms with E-state index in [0.29, 0.717) is 39.6 Å². The van der Waals surface area contributed by atoms with Crippen molar-refractivity contribution in [3.63, 3.8) is 0 Å². The van der Waals surface area contributed by atoms with Crippen LogP contribution in [-0.4, -0.2) is 54.3 Å². The molecule has 0 aromatic heterocycles. The van der Waals surface area contributed by atoms with E-state index in [2.05, 4.69) is 66.7 Å². The van der Waals surface area contributed by atoms with Crippen molar-refractivity contribution in [1.82, 2.24) is 0 Å². The number of benzene rings is 3. The fourth-order valence-corrected chi connectivity index (χ4v) is 8.45. The van der Waals surface area contributed by atoms with E-state index < -0.39 is 14.7 Å². The average Bonchev–Trinajstić information content (AvgIpc) is 2.78. The molecule has 4 nitrogen and oxygen atoms in total. The van der Waals surface area contributed by atoms with Gasteiger partial charge >= 0.3 is 177 Å². The van der Waals surface area contributed by atoms with E-state index in [1.807, 2.05) is 12.1 Å². The number of para-hydroxylation sites is 2. The molecule has 0 N–H and O–H groups in total. The van der Waals surface area contributed by atoms with Gasteiger partial charge in [-0.05, 0) is 0 Å². The summed E-state index contributed by atoms with van der Waals surface area (Å²) >= 11 is -1.90. The first-order chi connectivity index (χ1) is 14.4. The molecule has 4 rings (SSSR count). The van der Waals surface area contributed by atoms with Gasteiger partial charge in [0.05, 0.1) is 0 Å². The van der Waals surface area contributed by atoms with Crippen LogP contribution in [0.2, 0.25) is 0 Å². The Kier molecular flexibility index (Phi) is 7.25. The summed E-state index contributed by atoms with van der Waals surface area (Å²) in [5.41, 5.74) is 0. The Hall–Kier alpha value is -2.26. The van der Waals surface area contributed by atoms with Gasteiger partial charge in [0.25, 0.3) is 0 Å². The standard InChI is InChI=1S/C24H25AsO4/c1-2-8-20(9-3-1)25-21-10-4-6-12-23(21)28-18-16-26-14-15-27-17-19-29-24-13-7-5-11-22(24)25/h1-13H,14-19H2. The Bertz CT molecular complexity index is 845. The summed E-state index contributed by atoms with van der Waals surface area (Å²) in [6.07, 6.45) is 0. The number of hydrogen-bond acceptors (Lipinski definition) is 4. The molecule has 0 unspecified atom stereocenters. The van der Waals surface area contributed by atoms with Crippen LogP contribution in [0.4, 0.5) is 0 Å². The number of ether oxygens (including phenoxy) is 4. The normalized spacial score (nSPS) is 16.3. The molecule has 0 saturated carbocycles. The Balaban J connectivity index is 1.80. The van der Waals surface area contributed by atoms with E-state index in [0.717, 1.165) is 11.5 Å². The van der Waals surface area contributed by atoms with E-state index in [4.69, 9.17) is 18.9 Å². The van der Waals surface area contributed by atoms with E-state index >= 15 is 0 Å². The molecule has 0 bridgehead atoms. The molecule has 0 spiro atoms. The zero-order chi connectivity index (χ0) is 19.7. The monoisotopic (exact) mass is 452 g/mol. The van der Waals surface area contributed by atoms with Gasteiger partial charge in [-0.25, -0.2) is 0 Å². The summed E-state index contributed by atoms with van der Waals surface area (Å²) in [5, 5.41) is 0. The van der Waals surface area contributed by atoms with E-state index in [1.54, 1.807) is 0 Å². The molecule has 150 valence electrons. The maximum absolute atomic E-state index is 6.16. The van der Waals surface area contributed by atoms with Crippen LogP contribution in [0.15, 0.2) is 78.9 Å². The van der Waals surface area contributed by atoms with Crippen LogP contribution in [0.3, 0.4) is 0 Å². The van der Waals surface area contributed by atoms with Gasteiger partial charge in [-0.15, -0.1) is 0 Å². The van der Waals surface area contributed by atoms with Crippen LogP contribution in [0.25, 0.3) is 0 Å². The van der Waals surface area contributed by atoms with Crippen LogP contribution >= 0.6 is 0 Å². The van der Waals surface area contributed by atoms with Crippen molar-refractivity contribution in [3.05, 3.63) is 78.9 Å². The Morgan fingerprint density at radius 2 is 0.931 bits per heavy atom. The predicted molar refractivity (Wildman–Crippen MR) is 117 cm³/mol. The molecule has 0 fully saturated rings. The molecule has 3 aromatic rings. The van der Waals surface area contributed by atoms with Crippen molar-refractivity contribution in [2.24, 2.45) is 0 Å². The fourth-order valence-electron chi connectivity index (χ4n) is 3.26. The van der Waals surface area contributed by atoms with Crippen LogP contribution in [0.1, 0.15) is 0 Å². The minimum absolute atomic E-state index is 0.520. The Morgan fingerprint density at radius 1 is 0.483 bits per heavy atom. The molecule has 0 atom stereocenters. The number of rotatable bonds is 1. The molecular weight excluding hydrogens is 427 g/mol. The molecule has 1 aliphatic heterocycles. The van der Waals surface area contributed by atoms with Crippen LogP contribution in [-0.2, 0) is 9.47 Å². The summed E-state index contributed by atoms with van der Waals surface area (Å²) < 4.78 is 27.4. The second-order valence-corrected chi connectivity index (χ2v) is 11.0. The molecule has 5 heteroatoms.